The summed E-state index contributed by atoms with van der Waals surface area (Å²) >= 11 is 1.42. The Morgan fingerprint density at radius 1 is 1.39 bits per heavy atom. The molecule has 0 radical (unpaired) electrons. The van der Waals surface area contributed by atoms with Gasteiger partial charge in [0.2, 0.25) is 12.3 Å². The summed E-state index contributed by atoms with van der Waals surface area (Å²) in [7, 11) is 0. The Labute approximate surface area is 111 Å². The van der Waals surface area contributed by atoms with Crippen LogP contribution in [0.4, 0.5) is 5.69 Å². The zero-order valence-corrected chi connectivity index (χ0v) is 11.2. The summed E-state index contributed by atoms with van der Waals surface area (Å²) in [5, 5.41) is 2.76. The molecular weight excluding hydrogens is 248 g/mol. The van der Waals surface area contributed by atoms with E-state index in [0.717, 1.165) is 12.1 Å². The SMILES string of the molecule is CC(C)c1ccc(N(C=O)C2NC(=O)CS2)cc1. The van der Waals surface area contributed by atoms with Crippen LogP contribution in [0.3, 0.4) is 0 Å². The molecule has 2 rings (SSSR count). The molecule has 1 aromatic carbocycles. The molecule has 5 heteroatoms. The predicted molar refractivity (Wildman–Crippen MR) is 73.5 cm³/mol. The highest BCUT2D eigenvalue weighted by molar-refractivity contribution is 8.01. The number of carbonyl (C=O) groups is 2. The molecule has 18 heavy (non-hydrogen) atoms. The summed E-state index contributed by atoms with van der Waals surface area (Å²) in [5.74, 6) is 0.832. The highest BCUT2D eigenvalue weighted by atomic mass is 32.2. The van der Waals surface area contributed by atoms with Crippen molar-refractivity contribution in [3.63, 3.8) is 0 Å². The zero-order chi connectivity index (χ0) is 13.1. The molecule has 1 aliphatic heterocycles. The van der Waals surface area contributed by atoms with E-state index in [0.29, 0.717) is 11.7 Å². The highest BCUT2D eigenvalue weighted by Gasteiger charge is 2.27. The van der Waals surface area contributed by atoms with Crippen molar-refractivity contribution < 1.29 is 9.59 Å². The lowest BCUT2D eigenvalue weighted by molar-refractivity contribution is -0.118. The van der Waals surface area contributed by atoms with Crippen molar-refractivity contribution in [3.05, 3.63) is 29.8 Å². The van der Waals surface area contributed by atoms with Crippen LogP contribution in [0.15, 0.2) is 24.3 Å². The summed E-state index contributed by atoms with van der Waals surface area (Å²) in [5.41, 5.74) is 1.74. The molecule has 1 aromatic rings. The second-order valence-corrected chi connectivity index (χ2v) is 5.56. The minimum atomic E-state index is -0.292. The fourth-order valence-corrected chi connectivity index (χ4v) is 2.75. The first-order valence-corrected chi connectivity index (χ1v) is 6.91. The van der Waals surface area contributed by atoms with Gasteiger partial charge in [-0.25, -0.2) is 0 Å². The van der Waals surface area contributed by atoms with Crippen LogP contribution in [0.2, 0.25) is 0 Å². The number of hydrogen-bond acceptors (Lipinski definition) is 3. The van der Waals surface area contributed by atoms with Crippen molar-refractivity contribution in [3.8, 4) is 0 Å². The molecule has 4 nitrogen and oxygen atoms in total. The van der Waals surface area contributed by atoms with E-state index in [9.17, 15) is 9.59 Å². The Hall–Kier alpha value is -1.49. The molecule has 0 bridgehead atoms. The summed E-state index contributed by atoms with van der Waals surface area (Å²) in [6.45, 7) is 4.25. The number of rotatable bonds is 4. The van der Waals surface area contributed by atoms with E-state index in [2.05, 4.69) is 19.2 Å². The first-order valence-electron chi connectivity index (χ1n) is 5.86. The van der Waals surface area contributed by atoms with Crippen molar-refractivity contribution in [2.75, 3.05) is 10.7 Å². The maximum absolute atomic E-state index is 11.2. The summed E-state index contributed by atoms with van der Waals surface area (Å²) in [6.07, 6.45) is 0.758. The van der Waals surface area contributed by atoms with Crippen LogP contribution < -0.4 is 10.2 Å². The minimum absolute atomic E-state index is 0.0318. The Bertz CT molecular complexity index is 445. The summed E-state index contributed by atoms with van der Waals surface area (Å²) in [4.78, 5) is 23.9. The number of anilines is 1. The Kier molecular flexibility index (Phi) is 3.91. The van der Waals surface area contributed by atoms with E-state index in [4.69, 9.17) is 0 Å². The van der Waals surface area contributed by atoms with Crippen molar-refractivity contribution in [2.24, 2.45) is 0 Å². The standard InChI is InChI=1S/C13H16N2O2S/c1-9(2)10-3-5-11(6-4-10)15(8-16)13-14-12(17)7-18-13/h3-6,8-9,13H,7H2,1-2H3,(H,14,17). The second-order valence-electron chi connectivity index (χ2n) is 4.49. The van der Waals surface area contributed by atoms with Crippen LogP contribution in [-0.4, -0.2) is 23.6 Å². The van der Waals surface area contributed by atoms with Crippen LogP contribution >= 0.6 is 11.8 Å². The molecule has 1 saturated heterocycles. The minimum Gasteiger partial charge on any atom is -0.326 e. The smallest absolute Gasteiger partial charge is 0.232 e. The fraction of sp³-hybridized carbons (Fsp3) is 0.385. The van der Waals surface area contributed by atoms with Gasteiger partial charge in [0.05, 0.1) is 5.75 Å². The normalized spacial score (nSPS) is 18.8. The number of thioether (sulfide) groups is 1. The van der Waals surface area contributed by atoms with Gasteiger partial charge >= 0.3 is 0 Å². The lowest BCUT2D eigenvalue weighted by Crippen LogP contribution is -2.40. The predicted octanol–water partition coefficient (Wildman–Crippen LogP) is 1.92. The van der Waals surface area contributed by atoms with Crippen molar-refractivity contribution in [1.29, 1.82) is 0 Å². The molecule has 1 N–H and O–H groups in total. The van der Waals surface area contributed by atoms with E-state index in [1.807, 2.05) is 24.3 Å². The maximum atomic E-state index is 11.2. The van der Waals surface area contributed by atoms with E-state index in [-0.39, 0.29) is 11.4 Å². The number of nitrogens with one attached hydrogen (secondary N) is 1. The molecule has 1 aliphatic rings. The van der Waals surface area contributed by atoms with E-state index in [1.165, 1.54) is 17.3 Å². The van der Waals surface area contributed by atoms with Crippen LogP contribution in [0.25, 0.3) is 0 Å². The largest absolute Gasteiger partial charge is 0.326 e. The molecule has 1 fully saturated rings. The average molecular weight is 264 g/mol. The number of amides is 2. The monoisotopic (exact) mass is 264 g/mol. The average Bonchev–Trinajstić information content (AvgIpc) is 2.77. The molecule has 96 valence electrons. The fourth-order valence-electron chi connectivity index (χ4n) is 1.81. The van der Waals surface area contributed by atoms with Gasteiger partial charge in [0.25, 0.3) is 0 Å². The van der Waals surface area contributed by atoms with Crippen LogP contribution in [0.5, 0.6) is 0 Å². The lowest BCUT2D eigenvalue weighted by atomic mass is 10.0. The lowest BCUT2D eigenvalue weighted by Gasteiger charge is -2.24. The van der Waals surface area contributed by atoms with Gasteiger partial charge in [0.1, 0.15) is 0 Å². The van der Waals surface area contributed by atoms with Crippen LogP contribution in [0, 0.1) is 0 Å². The molecule has 1 atom stereocenters. The van der Waals surface area contributed by atoms with Gasteiger partial charge in [-0.05, 0) is 23.6 Å². The first-order chi connectivity index (χ1) is 8.61. The number of benzene rings is 1. The van der Waals surface area contributed by atoms with Gasteiger partial charge < -0.3 is 5.32 Å². The molecule has 0 aromatic heterocycles. The van der Waals surface area contributed by atoms with Gasteiger partial charge in [-0.3, -0.25) is 14.5 Å². The van der Waals surface area contributed by atoms with Crippen molar-refractivity contribution >= 4 is 29.8 Å². The molecule has 0 spiro atoms. The first kappa shape index (κ1) is 13.0. The van der Waals surface area contributed by atoms with Crippen molar-refractivity contribution in [1.82, 2.24) is 5.32 Å². The quantitative estimate of drug-likeness (QED) is 0.845. The van der Waals surface area contributed by atoms with Gasteiger partial charge in [-0.2, -0.15) is 0 Å². The molecular formula is C13H16N2O2S. The summed E-state index contributed by atoms with van der Waals surface area (Å²) in [6, 6.07) is 7.85. The molecule has 0 aliphatic carbocycles. The van der Waals surface area contributed by atoms with Gasteiger partial charge in [-0.1, -0.05) is 26.0 Å². The van der Waals surface area contributed by atoms with Crippen LogP contribution in [-0.2, 0) is 9.59 Å². The van der Waals surface area contributed by atoms with Gasteiger partial charge in [0, 0.05) is 5.69 Å². The van der Waals surface area contributed by atoms with Crippen molar-refractivity contribution in [2.45, 2.75) is 25.3 Å². The summed E-state index contributed by atoms with van der Waals surface area (Å²) < 4.78 is 0. The zero-order valence-electron chi connectivity index (χ0n) is 10.4. The second kappa shape index (κ2) is 5.44. The Balaban J connectivity index is 2.17. The van der Waals surface area contributed by atoms with Gasteiger partial charge in [-0.15, -0.1) is 11.8 Å². The molecule has 1 heterocycles. The number of carbonyl (C=O) groups excluding carboxylic acids is 2. The highest BCUT2D eigenvalue weighted by Crippen LogP contribution is 2.25. The van der Waals surface area contributed by atoms with E-state index >= 15 is 0 Å². The third-order valence-corrected chi connectivity index (χ3v) is 3.97. The number of hydrogen-bond donors (Lipinski definition) is 1. The maximum Gasteiger partial charge on any atom is 0.232 e. The van der Waals surface area contributed by atoms with E-state index in [1.54, 1.807) is 4.90 Å². The molecule has 0 saturated carbocycles. The third-order valence-electron chi connectivity index (χ3n) is 2.88. The van der Waals surface area contributed by atoms with Gasteiger partial charge in [0.15, 0.2) is 5.50 Å². The Morgan fingerprint density at radius 3 is 2.50 bits per heavy atom. The topological polar surface area (TPSA) is 49.4 Å². The Morgan fingerprint density at radius 2 is 2.06 bits per heavy atom. The number of nitrogens with zero attached hydrogens (tertiary/aromatic N) is 1. The molecule has 1 unspecified atom stereocenters. The third kappa shape index (κ3) is 2.67. The molecule has 2 amide bonds. The van der Waals surface area contributed by atoms with Crippen LogP contribution in [0.1, 0.15) is 25.3 Å². The van der Waals surface area contributed by atoms with E-state index < -0.39 is 0 Å².